The van der Waals surface area contributed by atoms with E-state index in [9.17, 15) is 4.79 Å². The van der Waals surface area contributed by atoms with Crippen LogP contribution in [0.1, 0.15) is 51.7 Å². The Morgan fingerprint density at radius 3 is 2.41 bits per heavy atom. The molecule has 0 spiro atoms. The lowest BCUT2D eigenvalue weighted by Crippen LogP contribution is -2.47. The zero-order chi connectivity index (χ0) is 16.5. The minimum atomic E-state index is -0.602. The van der Waals surface area contributed by atoms with Crippen LogP contribution in [0.4, 0.5) is 0 Å². The number of hydrogen-bond donors (Lipinski definition) is 0. The van der Waals surface area contributed by atoms with Crippen LogP contribution in [0.3, 0.4) is 0 Å². The first kappa shape index (κ1) is 17.8. The number of hydrogen-bond acceptors (Lipinski definition) is 3. The molecule has 1 saturated carbocycles. The molecule has 0 saturated heterocycles. The van der Waals surface area contributed by atoms with Crippen LogP contribution in [0.25, 0.3) is 0 Å². The van der Waals surface area contributed by atoms with Gasteiger partial charge in [0, 0.05) is 11.6 Å². The highest BCUT2D eigenvalue weighted by atomic mass is 79.9. The van der Waals surface area contributed by atoms with Crippen LogP contribution in [-0.2, 0) is 14.3 Å². The summed E-state index contributed by atoms with van der Waals surface area (Å²) in [5.74, 6) is -0.177. The van der Waals surface area contributed by atoms with E-state index in [4.69, 9.17) is 21.1 Å². The SMILES string of the molecule is COC(c1ccc(Cl)c(Br)c1)C1(C(=O)OC(C)(C)C)CCC1. The second-order valence-corrected chi connectivity index (χ2v) is 8.06. The normalized spacial score (nSPS) is 18.5. The number of carbonyl (C=O) groups is 1. The Bertz CT molecular complexity index is 562. The summed E-state index contributed by atoms with van der Waals surface area (Å²) in [6.07, 6.45) is 2.24. The molecule has 5 heteroatoms. The lowest BCUT2D eigenvalue weighted by atomic mass is 9.63. The standard InChI is InChI=1S/C17H22BrClO3/c1-16(2,3)22-15(20)17(8-5-9-17)14(21-4)11-6-7-13(19)12(18)10-11/h6-7,10,14H,5,8-9H2,1-4H3. The summed E-state index contributed by atoms with van der Waals surface area (Å²) in [7, 11) is 1.64. The molecule has 1 aliphatic carbocycles. The first-order valence-corrected chi connectivity index (χ1v) is 8.58. The maximum Gasteiger partial charge on any atom is 0.315 e. The van der Waals surface area contributed by atoms with Gasteiger partial charge in [-0.05, 0) is 67.2 Å². The molecule has 0 aliphatic heterocycles. The van der Waals surface area contributed by atoms with E-state index in [0.717, 1.165) is 29.3 Å². The van der Waals surface area contributed by atoms with Crippen LogP contribution >= 0.6 is 27.5 Å². The largest absolute Gasteiger partial charge is 0.459 e. The summed E-state index contributed by atoms with van der Waals surface area (Å²) in [5.41, 5.74) is -0.169. The lowest BCUT2D eigenvalue weighted by molar-refractivity contribution is -0.187. The smallest absolute Gasteiger partial charge is 0.315 e. The number of ether oxygens (including phenoxy) is 2. The monoisotopic (exact) mass is 388 g/mol. The third-order valence-corrected chi connectivity index (χ3v) is 5.25. The van der Waals surface area contributed by atoms with Crippen molar-refractivity contribution < 1.29 is 14.3 Å². The maximum absolute atomic E-state index is 12.7. The van der Waals surface area contributed by atoms with E-state index in [1.54, 1.807) is 7.11 Å². The molecule has 3 nitrogen and oxygen atoms in total. The Morgan fingerprint density at radius 1 is 1.36 bits per heavy atom. The van der Waals surface area contributed by atoms with Gasteiger partial charge in [0.25, 0.3) is 0 Å². The Labute approximate surface area is 145 Å². The van der Waals surface area contributed by atoms with Crippen molar-refractivity contribution in [2.75, 3.05) is 7.11 Å². The van der Waals surface area contributed by atoms with Crippen LogP contribution in [0.2, 0.25) is 5.02 Å². The van der Waals surface area contributed by atoms with Crippen LogP contribution < -0.4 is 0 Å². The van der Waals surface area contributed by atoms with Crippen LogP contribution in [0, 0.1) is 5.41 Å². The van der Waals surface area contributed by atoms with Crippen LogP contribution in [0.5, 0.6) is 0 Å². The van der Waals surface area contributed by atoms with Crippen molar-refractivity contribution in [2.45, 2.75) is 51.7 Å². The van der Waals surface area contributed by atoms with E-state index in [0.29, 0.717) is 5.02 Å². The van der Waals surface area contributed by atoms with E-state index in [2.05, 4.69) is 15.9 Å². The van der Waals surface area contributed by atoms with Gasteiger partial charge < -0.3 is 9.47 Å². The van der Waals surface area contributed by atoms with E-state index < -0.39 is 11.0 Å². The van der Waals surface area contributed by atoms with E-state index in [-0.39, 0.29) is 12.1 Å². The molecule has 1 aromatic carbocycles. The third kappa shape index (κ3) is 3.50. The number of esters is 1. The first-order valence-electron chi connectivity index (χ1n) is 7.41. The van der Waals surface area contributed by atoms with Gasteiger partial charge in [-0.25, -0.2) is 0 Å². The predicted octanol–water partition coefficient (Wildman–Crippen LogP) is 5.30. The summed E-state index contributed by atoms with van der Waals surface area (Å²) >= 11 is 9.49. The molecule has 0 heterocycles. The summed E-state index contributed by atoms with van der Waals surface area (Å²) in [5, 5.41) is 0.638. The van der Waals surface area contributed by atoms with Gasteiger partial charge in [0.05, 0.1) is 16.5 Å². The first-order chi connectivity index (χ1) is 10.2. The fourth-order valence-corrected chi connectivity index (χ4v) is 3.38. The van der Waals surface area contributed by atoms with E-state index in [1.165, 1.54) is 0 Å². The topological polar surface area (TPSA) is 35.5 Å². The average Bonchev–Trinajstić information content (AvgIpc) is 2.34. The third-order valence-electron chi connectivity index (χ3n) is 4.04. The Hall–Kier alpha value is -0.580. The fraction of sp³-hybridized carbons (Fsp3) is 0.588. The average molecular weight is 390 g/mol. The van der Waals surface area contributed by atoms with Crippen LogP contribution in [-0.4, -0.2) is 18.7 Å². The number of halogens is 2. The summed E-state index contributed by atoms with van der Waals surface area (Å²) in [6, 6.07) is 5.64. The highest BCUT2D eigenvalue weighted by Gasteiger charge is 2.53. The van der Waals surface area contributed by atoms with Crippen molar-refractivity contribution in [1.82, 2.24) is 0 Å². The lowest BCUT2D eigenvalue weighted by Gasteiger charge is -2.45. The molecular weight excluding hydrogens is 368 g/mol. The van der Waals surface area contributed by atoms with Gasteiger partial charge in [0.2, 0.25) is 0 Å². The minimum absolute atomic E-state index is 0.177. The highest BCUT2D eigenvalue weighted by molar-refractivity contribution is 9.10. The van der Waals surface area contributed by atoms with Crippen molar-refractivity contribution in [3.63, 3.8) is 0 Å². The van der Waals surface area contributed by atoms with E-state index in [1.807, 2.05) is 39.0 Å². The van der Waals surface area contributed by atoms with Gasteiger partial charge >= 0.3 is 5.97 Å². The van der Waals surface area contributed by atoms with Crippen molar-refractivity contribution in [2.24, 2.45) is 5.41 Å². The zero-order valence-electron chi connectivity index (χ0n) is 13.4. The minimum Gasteiger partial charge on any atom is -0.459 e. The number of rotatable bonds is 4. The maximum atomic E-state index is 12.7. The molecule has 0 amide bonds. The molecule has 1 atom stereocenters. The summed E-state index contributed by atoms with van der Waals surface area (Å²) in [6.45, 7) is 5.66. The molecular formula is C17H22BrClO3. The molecule has 2 rings (SSSR count). The molecule has 0 radical (unpaired) electrons. The van der Waals surface area contributed by atoms with Gasteiger partial charge in [-0.2, -0.15) is 0 Å². The van der Waals surface area contributed by atoms with Crippen molar-refractivity contribution >= 4 is 33.5 Å². The second kappa shape index (κ2) is 6.50. The van der Waals surface area contributed by atoms with Gasteiger partial charge in [0.1, 0.15) is 5.60 Å². The molecule has 1 unspecified atom stereocenters. The number of benzene rings is 1. The van der Waals surface area contributed by atoms with Gasteiger partial charge in [0.15, 0.2) is 0 Å². The molecule has 122 valence electrons. The molecule has 22 heavy (non-hydrogen) atoms. The Morgan fingerprint density at radius 2 is 2.00 bits per heavy atom. The molecule has 1 fully saturated rings. The zero-order valence-corrected chi connectivity index (χ0v) is 15.8. The van der Waals surface area contributed by atoms with Crippen molar-refractivity contribution in [1.29, 1.82) is 0 Å². The van der Waals surface area contributed by atoms with Gasteiger partial charge in [-0.15, -0.1) is 0 Å². The second-order valence-electron chi connectivity index (χ2n) is 6.80. The van der Waals surface area contributed by atoms with Crippen molar-refractivity contribution in [3.8, 4) is 0 Å². The van der Waals surface area contributed by atoms with Crippen molar-refractivity contribution in [3.05, 3.63) is 33.3 Å². The quantitative estimate of drug-likeness (QED) is 0.655. The molecule has 1 aliphatic rings. The van der Waals surface area contributed by atoms with Gasteiger partial charge in [-0.3, -0.25) is 4.79 Å². The number of methoxy groups -OCH3 is 1. The molecule has 0 N–H and O–H groups in total. The van der Waals surface area contributed by atoms with E-state index >= 15 is 0 Å². The Kier molecular flexibility index (Phi) is 5.25. The summed E-state index contributed by atoms with van der Waals surface area (Å²) < 4.78 is 12.2. The van der Waals surface area contributed by atoms with Crippen LogP contribution in [0.15, 0.2) is 22.7 Å². The van der Waals surface area contributed by atoms with Gasteiger partial charge in [-0.1, -0.05) is 24.1 Å². The summed E-state index contributed by atoms with van der Waals surface area (Å²) in [4.78, 5) is 12.7. The molecule has 1 aromatic rings. The fourth-order valence-electron chi connectivity index (χ4n) is 2.87. The number of carbonyl (C=O) groups excluding carboxylic acids is 1. The predicted molar refractivity (Wildman–Crippen MR) is 91.0 cm³/mol. The molecule has 0 bridgehead atoms. The highest BCUT2D eigenvalue weighted by Crippen LogP contribution is 2.53. The molecule has 0 aromatic heterocycles. The Balaban J connectivity index is 2.34.